The molecule has 1 fully saturated rings. The number of rotatable bonds is 4. The maximum atomic E-state index is 5.52. The maximum Gasteiger partial charge on any atom is 0.122 e. The quantitative estimate of drug-likeness (QED) is 0.750. The fraction of sp³-hybridized carbons (Fsp3) is 0.636. The summed E-state index contributed by atoms with van der Waals surface area (Å²) in [5.74, 6) is 0.961. The summed E-state index contributed by atoms with van der Waals surface area (Å²) in [6.45, 7) is 2.70. The molecule has 1 saturated carbocycles. The largest absolute Gasteiger partial charge is 0.468 e. The summed E-state index contributed by atoms with van der Waals surface area (Å²) < 4.78 is 5.29. The van der Waals surface area contributed by atoms with Crippen LogP contribution < -0.4 is 5.48 Å². The van der Waals surface area contributed by atoms with Gasteiger partial charge in [0.15, 0.2) is 0 Å². The highest BCUT2D eigenvalue weighted by molar-refractivity contribution is 5.13. The number of aryl methyl sites for hydroxylation is 1. The molecule has 0 radical (unpaired) electrons. The van der Waals surface area contributed by atoms with Crippen LogP contribution in [0.25, 0.3) is 0 Å². The molecule has 3 heteroatoms. The zero-order chi connectivity index (χ0) is 9.80. The summed E-state index contributed by atoms with van der Waals surface area (Å²) >= 11 is 0. The van der Waals surface area contributed by atoms with Gasteiger partial charge in [-0.2, -0.15) is 5.48 Å². The van der Waals surface area contributed by atoms with E-state index in [0.29, 0.717) is 12.6 Å². The topological polar surface area (TPSA) is 34.4 Å². The van der Waals surface area contributed by atoms with E-state index in [1.807, 2.05) is 13.0 Å². The molecule has 0 spiro atoms. The van der Waals surface area contributed by atoms with Crippen molar-refractivity contribution >= 4 is 0 Å². The standard InChI is InChI=1S/C11H17NO2/c1-9-6-7-13-11(9)8-12-14-10-4-2-3-5-10/h6-7,10,12H,2-5,8H2,1H3. The van der Waals surface area contributed by atoms with Crippen molar-refractivity contribution in [3.05, 3.63) is 23.7 Å². The molecule has 78 valence electrons. The van der Waals surface area contributed by atoms with Crippen LogP contribution in [0.15, 0.2) is 16.7 Å². The Hall–Kier alpha value is -0.800. The van der Waals surface area contributed by atoms with Crippen LogP contribution in [0.2, 0.25) is 0 Å². The van der Waals surface area contributed by atoms with Crippen molar-refractivity contribution in [1.29, 1.82) is 0 Å². The van der Waals surface area contributed by atoms with Crippen LogP contribution in [0.5, 0.6) is 0 Å². The Morgan fingerprint density at radius 3 is 2.93 bits per heavy atom. The first-order valence-corrected chi connectivity index (χ1v) is 5.28. The van der Waals surface area contributed by atoms with Crippen LogP contribution in [0.1, 0.15) is 37.0 Å². The molecule has 0 saturated heterocycles. The predicted molar refractivity (Wildman–Crippen MR) is 53.6 cm³/mol. The third-order valence-corrected chi connectivity index (χ3v) is 2.75. The highest BCUT2D eigenvalue weighted by Gasteiger charge is 2.15. The van der Waals surface area contributed by atoms with Crippen molar-refractivity contribution in [3.63, 3.8) is 0 Å². The van der Waals surface area contributed by atoms with Crippen molar-refractivity contribution in [2.75, 3.05) is 0 Å². The summed E-state index contributed by atoms with van der Waals surface area (Å²) in [6.07, 6.45) is 7.08. The van der Waals surface area contributed by atoms with E-state index < -0.39 is 0 Å². The average molecular weight is 195 g/mol. The van der Waals surface area contributed by atoms with Crippen molar-refractivity contribution in [3.8, 4) is 0 Å². The molecule has 1 aliphatic rings. The van der Waals surface area contributed by atoms with Gasteiger partial charge >= 0.3 is 0 Å². The number of nitrogens with one attached hydrogen (secondary N) is 1. The number of hydroxylamine groups is 1. The van der Waals surface area contributed by atoms with E-state index in [-0.39, 0.29) is 0 Å². The van der Waals surface area contributed by atoms with Gasteiger partial charge in [-0.05, 0) is 31.4 Å². The molecule has 0 atom stereocenters. The maximum absolute atomic E-state index is 5.52. The van der Waals surface area contributed by atoms with Gasteiger partial charge < -0.3 is 4.42 Å². The lowest BCUT2D eigenvalue weighted by Gasteiger charge is -2.10. The Balaban J connectivity index is 1.70. The lowest BCUT2D eigenvalue weighted by atomic mass is 10.3. The lowest BCUT2D eigenvalue weighted by Crippen LogP contribution is -2.21. The predicted octanol–water partition coefficient (Wildman–Crippen LogP) is 2.55. The van der Waals surface area contributed by atoms with Crippen LogP contribution in [-0.2, 0) is 11.4 Å². The van der Waals surface area contributed by atoms with Gasteiger partial charge in [-0.3, -0.25) is 4.84 Å². The van der Waals surface area contributed by atoms with E-state index >= 15 is 0 Å². The molecule has 0 aliphatic heterocycles. The summed E-state index contributed by atoms with van der Waals surface area (Å²) in [6, 6.07) is 1.96. The Morgan fingerprint density at radius 1 is 1.50 bits per heavy atom. The van der Waals surface area contributed by atoms with Gasteiger partial charge in [-0.1, -0.05) is 12.8 Å². The Kier molecular flexibility index (Phi) is 3.22. The van der Waals surface area contributed by atoms with E-state index in [0.717, 1.165) is 5.76 Å². The van der Waals surface area contributed by atoms with Gasteiger partial charge in [0.2, 0.25) is 0 Å². The molecule has 1 N–H and O–H groups in total. The third-order valence-electron chi connectivity index (χ3n) is 2.75. The second-order valence-electron chi connectivity index (χ2n) is 3.87. The number of furan rings is 1. The second kappa shape index (κ2) is 4.62. The monoisotopic (exact) mass is 195 g/mol. The van der Waals surface area contributed by atoms with Gasteiger partial charge in [0.1, 0.15) is 5.76 Å². The molecule has 1 heterocycles. The smallest absolute Gasteiger partial charge is 0.122 e. The molecule has 0 bridgehead atoms. The fourth-order valence-corrected chi connectivity index (χ4v) is 1.82. The molecule has 1 aromatic heterocycles. The zero-order valence-corrected chi connectivity index (χ0v) is 8.58. The minimum absolute atomic E-state index is 0.408. The van der Waals surface area contributed by atoms with Gasteiger partial charge in [0, 0.05) is 0 Å². The summed E-state index contributed by atoms with van der Waals surface area (Å²) in [5.41, 5.74) is 4.15. The van der Waals surface area contributed by atoms with Crippen molar-refractivity contribution in [1.82, 2.24) is 5.48 Å². The molecular formula is C11H17NO2. The van der Waals surface area contributed by atoms with Crippen LogP contribution in [0, 0.1) is 6.92 Å². The molecule has 0 aromatic carbocycles. The van der Waals surface area contributed by atoms with Crippen molar-refractivity contribution < 1.29 is 9.25 Å². The van der Waals surface area contributed by atoms with E-state index in [2.05, 4.69) is 5.48 Å². The molecule has 0 unspecified atom stereocenters. The van der Waals surface area contributed by atoms with Crippen molar-refractivity contribution in [2.24, 2.45) is 0 Å². The first-order valence-electron chi connectivity index (χ1n) is 5.28. The summed E-state index contributed by atoms with van der Waals surface area (Å²) in [7, 11) is 0. The van der Waals surface area contributed by atoms with Gasteiger partial charge in [-0.25, -0.2) is 0 Å². The van der Waals surface area contributed by atoms with E-state index in [1.165, 1.54) is 31.2 Å². The number of hydrogen-bond donors (Lipinski definition) is 1. The van der Waals surface area contributed by atoms with Crippen LogP contribution >= 0.6 is 0 Å². The molecule has 14 heavy (non-hydrogen) atoms. The van der Waals surface area contributed by atoms with Gasteiger partial charge in [0.25, 0.3) is 0 Å². The third kappa shape index (κ3) is 2.36. The normalized spacial score (nSPS) is 17.8. The van der Waals surface area contributed by atoms with E-state index in [4.69, 9.17) is 9.25 Å². The molecule has 1 aromatic rings. The minimum Gasteiger partial charge on any atom is -0.468 e. The van der Waals surface area contributed by atoms with Crippen LogP contribution in [0.4, 0.5) is 0 Å². The Labute approximate surface area is 84.4 Å². The van der Waals surface area contributed by atoms with Crippen molar-refractivity contribution in [2.45, 2.75) is 45.3 Å². The van der Waals surface area contributed by atoms with Gasteiger partial charge in [0.05, 0.1) is 18.9 Å². The zero-order valence-electron chi connectivity index (χ0n) is 8.58. The minimum atomic E-state index is 0.408. The van der Waals surface area contributed by atoms with E-state index in [1.54, 1.807) is 6.26 Å². The molecule has 2 rings (SSSR count). The van der Waals surface area contributed by atoms with E-state index in [9.17, 15) is 0 Å². The highest BCUT2D eigenvalue weighted by atomic mass is 16.7. The second-order valence-corrected chi connectivity index (χ2v) is 3.87. The summed E-state index contributed by atoms with van der Waals surface area (Å²) in [4.78, 5) is 5.52. The fourth-order valence-electron chi connectivity index (χ4n) is 1.82. The first kappa shape index (κ1) is 9.74. The summed E-state index contributed by atoms with van der Waals surface area (Å²) in [5, 5.41) is 0. The average Bonchev–Trinajstić information content (AvgIpc) is 2.78. The first-order chi connectivity index (χ1) is 6.86. The highest BCUT2D eigenvalue weighted by Crippen LogP contribution is 2.20. The SMILES string of the molecule is Cc1ccoc1CNOC1CCCC1. The molecule has 3 nitrogen and oxygen atoms in total. The van der Waals surface area contributed by atoms with Crippen LogP contribution in [0.3, 0.4) is 0 Å². The molecule has 0 amide bonds. The van der Waals surface area contributed by atoms with Gasteiger partial charge in [-0.15, -0.1) is 0 Å². The molecule has 1 aliphatic carbocycles. The molecular weight excluding hydrogens is 178 g/mol. The van der Waals surface area contributed by atoms with Crippen LogP contribution in [-0.4, -0.2) is 6.10 Å². The Morgan fingerprint density at radius 2 is 2.29 bits per heavy atom. The Bertz CT molecular complexity index is 277. The lowest BCUT2D eigenvalue weighted by molar-refractivity contribution is -0.0269. The number of hydrogen-bond acceptors (Lipinski definition) is 3.